The minimum Gasteiger partial charge on any atom is -0.309 e. The van der Waals surface area contributed by atoms with Crippen molar-refractivity contribution in [3.05, 3.63) is 33.5 Å². The third-order valence-electron chi connectivity index (χ3n) is 2.46. The number of allylic oxidation sites excluding steroid dienone is 1. The van der Waals surface area contributed by atoms with Gasteiger partial charge in [0.05, 0.1) is 5.02 Å². The summed E-state index contributed by atoms with van der Waals surface area (Å²) in [7, 11) is 0. The molecule has 2 rings (SSSR count). The summed E-state index contributed by atoms with van der Waals surface area (Å²) in [5, 5.41) is 6.39. The van der Waals surface area contributed by atoms with Gasteiger partial charge in [0, 0.05) is 22.8 Å². The molecule has 1 nitrogen and oxygen atoms in total. The molecule has 3 heteroatoms. The SMILES string of the molecule is Clc1csc(CNC2CC=CCC2)c1. The number of thiophene rings is 1. The lowest BCUT2D eigenvalue weighted by molar-refractivity contribution is 0.476. The maximum Gasteiger partial charge on any atom is 0.0516 e. The monoisotopic (exact) mass is 227 g/mol. The van der Waals surface area contributed by atoms with Crippen molar-refractivity contribution in [3.63, 3.8) is 0 Å². The lowest BCUT2D eigenvalue weighted by atomic mass is 10.0. The van der Waals surface area contributed by atoms with Gasteiger partial charge in [0.2, 0.25) is 0 Å². The fourth-order valence-corrected chi connectivity index (χ4v) is 2.69. The number of halogens is 1. The van der Waals surface area contributed by atoms with Gasteiger partial charge in [-0.2, -0.15) is 0 Å². The Morgan fingerprint density at radius 2 is 2.43 bits per heavy atom. The summed E-state index contributed by atoms with van der Waals surface area (Å²) in [6.45, 7) is 0.954. The lowest BCUT2D eigenvalue weighted by Gasteiger charge is -2.18. The Hall–Kier alpha value is -0.310. The highest BCUT2D eigenvalue weighted by molar-refractivity contribution is 7.10. The first-order chi connectivity index (χ1) is 6.84. The third kappa shape index (κ3) is 2.84. The number of hydrogen-bond donors (Lipinski definition) is 1. The molecule has 0 saturated carbocycles. The van der Waals surface area contributed by atoms with Crippen LogP contribution in [0.3, 0.4) is 0 Å². The van der Waals surface area contributed by atoms with Crippen LogP contribution in [-0.4, -0.2) is 6.04 Å². The summed E-state index contributed by atoms with van der Waals surface area (Å²) in [6, 6.07) is 2.69. The first kappa shape index (κ1) is 10.2. The van der Waals surface area contributed by atoms with Crippen LogP contribution >= 0.6 is 22.9 Å². The van der Waals surface area contributed by atoms with E-state index in [9.17, 15) is 0 Å². The van der Waals surface area contributed by atoms with E-state index in [2.05, 4.69) is 17.5 Å². The average Bonchev–Trinajstić information content (AvgIpc) is 2.63. The van der Waals surface area contributed by atoms with E-state index >= 15 is 0 Å². The first-order valence-corrected chi connectivity index (χ1v) is 6.21. The van der Waals surface area contributed by atoms with Crippen LogP contribution in [0.2, 0.25) is 5.02 Å². The maximum absolute atomic E-state index is 5.85. The van der Waals surface area contributed by atoms with Crippen LogP contribution < -0.4 is 5.32 Å². The van der Waals surface area contributed by atoms with E-state index in [1.54, 1.807) is 11.3 Å². The fraction of sp³-hybridized carbons (Fsp3) is 0.455. The van der Waals surface area contributed by atoms with E-state index in [1.807, 2.05) is 11.4 Å². The smallest absolute Gasteiger partial charge is 0.0516 e. The van der Waals surface area contributed by atoms with Crippen molar-refractivity contribution >= 4 is 22.9 Å². The van der Waals surface area contributed by atoms with Gasteiger partial charge in [0.15, 0.2) is 0 Å². The normalized spacial score (nSPS) is 21.4. The van der Waals surface area contributed by atoms with Gasteiger partial charge < -0.3 is 5.32 Å². The second kappa shape index (κ2) is 4.96. The van der Waals surface area contributed by atoms with Gasteiger partial charge in [0.1, 0.15) is 0 Å². The summed E-state index contributed by atoms with van der Waals surface area (Å²) >= 11 is 7.58. The van der Waals surface area contributed by atoms with Gasteiger partial charge in [-0.3, -0.25) is 0 Å². The summed E-state index contributed by atoms with van der Waals surface area (Å²) in [4.78, 5) is 1.32. The molecule has 1 heterocycles. The highest BCUT2D eigenvalue weighted by Gasteiger charge is 2.08. The molecule has 0 aliphatic heterocycles. The summed E-state index contributed by atoms with van der Waals surface area (Å²) in [6.07, 6.45) is 8.17. The minimum absolute atomic E-state index is 0.654. The Balaban J connectivity index is 1.79. The maximum atomic E-state index is 5.85. The predicted molar refractivity (Wildman–Crippen MR) is 62.9 cm³/mol. The molecule has 0 amide bonds. The van der Waals surface area contributed by atoms with Crippen molar-refractivity contribution in [2.45, 2.75) is 31.8 Å². The zero-order chi connectivity index (χ0) is 9.80. The van der Waals surface area contributed by atoms with Gasteiger partial charge in [-0.25, -0.2) is 0 Å². The molecule has 0 aromatic carbocycles. The second-order valence-electron chi connectivity index (χ2n) is 3.59. The molecule has 0 radical (unpaired) electrons. The van der Waals surface area contributed by atoms with Crippen LogP contribution in [0, 0.1) is 0 Å². The van der Waals surface area contributed by atoms with Gasteiger partial charge >= 0.3 is 0 Å². The molecule has 1 unspecified atom stereocenters. The van der Waals surface area contributed by atoms with E-state index in [-0.39, 0.29) is 0 Å². The number of rotatable bonds is 3. The van der Waals surface area contributed by atoms with Crippen LogP contribution in [-0.2, 0) is 6.54 Å². The largest absolute Gasteiger partial charge is 0.309 e. The molecule has 14 heavy (non-hydrogen) atoms. The van der Waals surface area contributed by atoms with Gasteiger partial charge in [0.25, 0.3) is 0 Å². The second-order valence-corrected chi connectivity index (χ2v) is 5.03. The zero-order valence-corrected chi connectivity index (χ0v) is 9.57. The van der Waals surface area contributed by atoms with Crippen molar-refractivity contribution in [2.24, 2.45) is 0 Å². The fourth-order valence-electron chi connectivity index (χ4n) is 1.67. The average molecular weight is 228 g/mol. The topological polar surface area (TPSA) is 12.0 Å². The van der Waals surface area contributed by atoms with E-state index in [1.165, 1.54) is 24.1 Å². The van der Waals surface area contributed by atoms with E-state index in [4.69, 9.17) is 11.6 Å². The molecular formula is C11H14ClNS. The van der Waals surface area contributed by atoms with Crippen LogP contribution in [0.5, 0.6) is 0 Å². The molecule has 0 saturated heterocycles. The molecule has 76 valence electrons. The molecule has 1 N–H and O–H groups in total. The Bertz CT molecular complexity index is 319. The minimum atomic E-state index is 0.654. The summed E-state index contributed by atoms with van der Waals surface area (Å²) in [5.74, 6) is 0. The van der Waals surface area contributed by atoms with Crippen molar-refractivity contribution in [2.75, 3.05) is 0 Å². The van der Waals surface area contributed by atoms with E-state index in [0.29, 0.717) is 6.04 Å². The summed E-state index contributed by atoms with van der Waals surface area (Å²) in [5.41, 5.74) is 0. The van der Waals surface area contributed by atoms with Gasteiger partial charge in [-0.1, -0.05) is 23.8 Å². The predicted octanol–water partition coefficient (Wildman–Crippen LogP) is 3.60. The van der Waals surface area contributed by atoms with E-state index < -0.39 is 0 Å². The van der Waals surface area contributed by atoms with Gasteiger partial charge in [-0.05, 0) is 25.3 Å². The van der Waals surface area contributed by atoms with Crippen LogP contribution in [0.25, 0.3) is 0 Å². The number of nitrogens with one attached hydrogen (secondary N) is 1. The van der Waals surface area contributed by atoms with Crippen molar-refractivity contribution in [1.29, 1.82) is 0 Å². The van der Waals surface area contributed by atoms with Crippen LogP contribution in [0.1, 0.15) is 24.1 Å². The van der Waals surface area contributed by atoms with E-state index in [0.717, 1.165) is 11.6 Å². The third-order valence-corrected chi connectivity index (χ3v) is 3.74. The summed E-state index contributed by atoms with van der Waals surface area (Å²) < 4.78 is 0. The van der Waals surface area contributed by atoms with Crippen LogP contribution in [0.4, 0.5) is 0 Å². The standard InChI is InChI=1S/C11H14ClNS/c12-9-6-11(14-8-9)7-13-10-4-2-1-3-5-10/h1-2,6,8,10,13H,3-5,7H2. The van der Waals surface area contributed by atoms with Crippen molar-refractivity contribution in [1.82, 2.24) is 5.32 Å². The Morgan fingerprint density at radius 1 is 1.50 bits per heavy atom. The Morgan fingerprint density at radius 3 is 3.07 bits per heavy atom. The highest BCUT2D eigenvalue weighted by Crippen LogP contribution is 2.19. The molecule has 0 spiro atoms. The molecule has 1 atom stereocenters. The number of hydrogen-bond acceptors (Lipinski definition) is 2. The molecule has 1 aromatic rings. The Labute approximate surface area is 93.8 Å². The van der Waals surface area contributed by atoms with Gasteiger partial charge in [-0.15, -0.1) is 11.3 Å². The first-order valence-electron chi connectivity index (χ1n) is 4.96. The Kier molecular flexibility index (Phi) is 3.62. The molecular weight excluding hydrogens is 214 g/mol. The highest BCUT2D eigenvalue weighted by atomic mass is 35.5. The quantitative estimate of drug-likeness (QED) is 0.779. The molecule has 0 fully saturated rings. The van der Waals surface area contributed by atoms with Crippen molar-refractivity contribution in [3.8, 4) is 0 Å². The zero-order valence-electron chi connectivity index (χ0n) is 8.00. The molecule has 1 aliphatic carbocycles. The molecule has 0 bridgehead atoms. The van der Waals surface area contributed by atoms with Crippen LogP contribution in [0.15, 0.2) is 23.6 Å². The van der Waals surface area contributed by atoms with Crippen molar-refractivity contribution < 1.29 is 0 Å². The molecule has 1 aromatic heterocycles. The lowest BCUT2D eigenvalue weighted by Crippen LogP contribution is -2.28. The molecule has 1 aliphatic rings.